The van der Waals surface area contributed by atoms with E-state index < -0.39 is 35.6 Å². The van der Waals surface area contributed by atoms with Crippen molar-refractivity contribution in [1.29, 1.82) is 0 Å². The van der Waals surface area contributed by atoms with Crippen LogP contribution in [0.15, 0.2) is 83.6 Å². The second-order valence-electron chi connectivity index (χ2n) is 9.97. The molecule has 2 heterocycles. The number of anilines is 1. The number of aromatic hydroxyl groups is 1. The second-order valence-corrected chi connectivity index (χ2v) is 9.97. The van der Waals surface area contributed by atoms with Crippen LogP contribution in [0.3, 0.4) is 0 Å². The van der Waals surface area contributed by atoms with E-state index in [0.717, 1.165) is 13.0 Å². The van der Waals surface area contributed by atoms with Gasteiger partial charge in [-0.1, -0.05) is 18.7 Å². The molecule has 3 aliphatic rings. The molecule has 1 aliphatic carbocycles. The molecule has 38 heavy (non-hydrogen) atoms. The number of hydrogen-bond donors (Lipinski definition) is 5. The third-order valence-corrected chi connectivity index (χ3v) is 7.00. The molecule has 0 aromatic heterocycles. The number of nitrogens with one attached hydrogen (secondary N) is 1. The SMILES string of the molecule is C=C(Nc1ccc(O)cc1)N1[C@@H]2C/C=C(O)\C(O)=C/C(O)C[C@H]1C(=O)N(CC1=CCCC(C(C)(F)F)=C1)C2. The Balaban J connectivity index is 1.65. The number of piperazine rings is 1. The molecule has 2 aliphatic heterocycles. The zero-order valence-corrected chi connectivity index (χ0v) is 21.1. The smallest absolute Gasteiger partial charge is 0.266 e. The molecule has 1 aromatic carbocycles. The van der Waals surface area contributed by atoms with Crippen molar-refractivity contribution in [2.24, 2.45) is 0 Å². The Bertz CT molecular complexity index is 1200. The van der Waals surface area contributed by atoms with Crippen LogP contribution < -0.4 is 5.32 Å². The van der Waals surface area contributed by atoms with Crippen molar-refractivity contribution in [3.05, 3.63) is 83.6 Å². The molecule has 1 fully saturated rings. The molecule has 4 rings (SSSR count). The Morgan fingerprint density at radius 2 is 1.87 bits per heavy atom. The van der Waals surface area contributed by atoms with Gasteiger partial charge < -0.3 is 35.5 Å². The van der Waals surface area contributed by atoms with Crippen LogP contribution in [0, 0.1) is 0 Å². The Hall–Kier alpha value is -3.79. The predicted molar refractivity (Wildman–Crippen MR) is 140 cm³/mol. The fraction of sp³-hybridized carbons (Fsp3) is 0.393. The van der Waals surface area contributed by atoms with Gasteiger partial charge in [-0.25, -0.2) is 8.78 Å². The number of alkyl halides is 2. The van der Waals surface area contributed by atoms with Crippen molar-refractivity contribution in [2.75, 3.05) is 18.4 Å². The standard InChI is InChI=1S/C28H33F2N3O5/c1-17(31-20-6-9-22(34)10-7-20)33-21-8-11-25(36)26(37)14-23(35)13-24(33)27(38)32(16-21)15-18-4-3-5-19(12-18)28(2,29)30/h4,6-7,9-12,14,21,23-24,31,34-37H,1,3,5,8,13,15-16H2,2H3/b25-11+,26-14+/t21-,23?,24+/m1/s1. The summed E-state index contributed by atoms with van der Waals surface area (Å²) < 4.78 is 27.9. The summed E-state index contributed by atoms with van der Waals surface area (Å²) in [7, 11) is 0. The topological polar surface area (TPSA) is 117 Å². The quantitative estimate of drug-likeness (QED) is 0.345. The Morgan fingerprint density at radius 3 is 2.55 bits per heavy atom. The fourth-order valence-corrected chi connectivity index (χ4v) is 5.11. The number of aliphatic hydroxyl groups excluding tert-OH is 3. The first-order valence-electron chi connectivity index (χ1n) is 12.5. The number of nitrogens with zero attached hydrogens (tertiary/aromatic N) is 2. The molecule has 2 bridgehead atoms. The molecule has 1 saturated heterocycles. The predicted octanol–water partition coefficient (Wildman–Crippen LogP) is 4.50. The van der Waals surface area contributed by atoms with E-state index in [4.69, 9.17) is 0 Å². The van der Waals surface area contributed by atoms with Gasteiger partial charge in [0.1, 0.15) is 11.8 Å². The van der Waals surface area contributed by atoms with Gasteiger partial charge in [-0.2, -0.15) is 0 Å². The first kappa shape index (κ1) is 27.3. The van der Waals surface area contributed by atoms with Crippen LogP contribution in [-0.2, 0) is 4.79 Å². The van der Waals surface area contributed by atoms with E-state index in [0.29, 0.717) is 23.5 Å². The van der Waals surface area contributed by atoms with Crippen LogP contribution in [0.1, 0.15) is 32.6 Å². The van der Waals surface area contributed by atoms with Crippen LogP contribution in [0.4, 0.5) is 14.5 Å². The number of hydrogen-bond acceptors (Lipinski definition) is 7. The Morgan fingerprint density at radius 1 is 1.16 bits per heavy atom. The van der Waals surface area contributed by atoms with Gasteiger partial charge in [0, 0.05) is 32.1 Å². The normalized spacial score (nSPS) is 27.4. The average Bonchev–Trinajstić information content (AvgIpc) is 2.85. The summed E-state index contributed by atoms with van der Waals surface area (Å²) in [5, 5.41) is 43.7. The molecule has 0 saturated carbocycles. The molecule has 5 N–H and O–H groups in total. The summed E-state index contributed by atoms with van der Waals surface area (Å²) in [6, 6.07) is 4.99. The summed E-state index contributed by atoms with van der Waals surface area (Å²) in [6.07, 6.45) is 5.38. The number of phenols is 1. The number of allylic oxidation sites excluding steroid dienone is 2. The highest BCUT2D eigenvalue weighted by atomic mass is 19.3. The van der Waals surface area contributed by atoms with Crippen LogP contribution in [0.2, 0.25) is 0 Å². The molecule has 1 amide bonds. The monoisotopic (exact) mass is 529 g/mol. The Kier molecular flexibility index (Phi) is 7.82. The highest BCUT2D eigenvalue weighted by Gasteiger charge is 2.42. The zero-order chi connectivity index (χ0) is 27.6. The van der Waals surface area contributed by atoms with Crippen molar-refractivity contribution >= 4 is 11.6 Å². The minimum atomic E-state index is -2.94. The molecular weight excluding hydrogens is 496 g/mol. The maximum absolute atomic E-state index is 14.0. The lowest BCUT2D eigenvalue weighted by molar-refractivity contribution is -0.144. The number of halogens is 2. The van der Waals surface area contributed by atoms with E-state index in [1.54, 1.807) is 21.9 Å². The maximum Gasteiger partial charge on any atom is 0.266 e. The fourth-order valence-electron chi connectivity index (χ4n) is 5.11. The molecule has 1 unspecified atom stereocenters. The zero-order valence-electron chi connectivity index (χ0n) is 21.1. The number of aliphatic hydroxyl groups is 3. The molecule has 0 radical (unpaired) electrons. The van der Waals surface area contributed by atoms with Crippen molar-refractivity contribution in [3.8, 4) is 5.75 Å². The van der Waals surface area contributed by atoms with Gasteiger partial charge in [-0.3, -0.25) is 4.79 Å². The molecule has 8 nitrogen and oxygen atoms in total. The molecule has 3 atom stereocenters. The maximum atomic E-state index is 14.0. The summed E-state index contributed by atoms with van der Waals surface area (Å²) in [5.41, 5.74) is 1.27. The van der Waals surface area contributed by atoms with Gasteiger partial charge in [-0.05, 0) is 66.8 Å². The van der Waals surface area contributed by atoms with Crippen molar-refractivity contribution in [3.63, 3.8) is 0 Å². The summed E-state index contributed by atoms with van der Waals surface area (Å²) in [4.78, 5) is 17.1. The Labute approximate surface area is 220 Å². The number of benzene rings is 1. The first-order valence-corrected chi connectivity index (χ1v) is 12.5. The van der Waals surface area contributed by atoms with E-state index in [-0.39, 0.29) is 49.6 Å². The van der Waals surface area contributed by atoms with Crippen LogP contribution >= 0.6 is 0 Å². The highest BCUT2D eigenvalue weighted by Crippen LogP contribution is 2.34. The van der Waals surface area contributed by atoms with Gasteiger partial charge in [0.15, 0.2) is 11.5 Å². The lowest BCUT2D eigenvalue weighted by Crippen LogP contribution is -2.62. The molecule has 204 valence electrons. The van der Waals surface area contributed by atoms with E-state index in [2.05, 4.69) is 11.9 Å². The molecular formula is C28H33F2N3O5. The summed E-state index contributed by atoms with van der Waals surface area (Å²) >= 11 is 0. The van der Waals surface area contributed by atoms with Crippen LogP contribution in [0.25, 0.3) is 0 Å². The highest BCUT2D eigenvalue weighted by molar-refractivity contribution is 5.84. The van der Waals surface area contributed by atoms with Gasteiger partial charge in [0.05, 0.1) is 18.0 Å². The largest absolute Gasteiger partial charge is 0.508 e. The molecule has 0 spiro atoms. The van der Waals surface area contributed by atoms with E-state index in [1.807, 2.05) is 6.08 Å². The number of carbonyl (C=O) groups is 1. The summed E-state index contributed by atoms with van der Waals surface area (Å²) in [6.45, 7) is 5.31. The van der Waals surface area contributed by atoms with Crippen LogP contribution in [0.5, 0.6) is 5.75 Å². The van der Waals surface area contributed by atoms with Gasteiger partial charge in [-0.15, -0.1) is 0 Å². The minimum Gasteiger partial charge on any atom is -0.508 e. The van der Waals surface area contributed by atoms with E-state index >= 15 is 0 Å². The average molecular weight is 530 g/mol. The van der Waals surface area contributed by atoms with Crippen molar-refractivity contribution in [1.82, 2.24) is 9.80 Å². The molecule has 10 heteroatoms. The van der Waals surface area contributed by atoms with Gasteiger partial charge >= 0.3 is 0 Å². The minimum absolute atomic E-state index is 0.0268. The number of phenolic OH excluding ortho intramolecular Hbond substituents is 1. The number of rotatable bonds is 6. The van der Waals surface area contributed by atoms with Gasteiger partial charge in [0.2, 0.25) is 5.91 Å². The first-order chi connectivity index (χ1) is 17.9. The third-order valence-electron chi connectivity index (χ3n) is 7.00. The number of fused-ring (bicyclic) bond motifs is 2. The third kappa shape index (κ3) is 6.19. The van der Waals surface area contributed by atoms with Gasteiger partial charge in [0.25, 0.3) is 5.92 Å². The lowest BCUT2D eigenvalue weighted by Gasteiger charge is -2.48. The van der Waals surface area contributed by atoms with Crippen LogP contribution in [-0.4, -0.2) is 73.3 Å². The van der Waals surface area contributed by atoms with E-state index in [9.17, 15) is 34.0 Å². The number of carbonyl (C=O) groups excluding carboxylic acids is 1. The van der Waals surface area contributed by atoms with E-state index in [1.165, 1.54) is 24.3 Å². The van der Waals surface area contributed by atoms with Crippen molar-refractivity contribution in [2.45, 2.75) is 56.7 Å². The summed E-state index contributed by atoms with van der Waals surface area (Å²) in [5.74, 6) is -3.66. The van der Waals surface area contributed by atoms with Crippen molar-refractivity contribution < 1.29 is 34.0 Å². The second kappa shape index (κ2) is 10.9. The molecule has 1 aromatic rings. The number of amides is 1. The lowest BCUT2D eigenvalue weighted by atomic mass is 9.93.